The van der Waals surface area contributed by atoms with Crippen molar-refractivity contribution >= 4 is 11.9 Å². The first kappa shape index (κ1) is 43.1. The van der Waals surface area contributed by atoms with E-state index in [0.29, 0.717) is 16.7 Å². The normalized spacial score (nSPS) is 14.6. The van der Waals surface area contributed by atoms with Crippen LogP contribution in [0.5, 0.6) is 5.75 Å². The lowest BCUT2D eigenvalue weighted by Gasteiger charge is -2.41. The van der Waals surface area contributed by atoms with E-state index in [-0.39, 0.29) is 18.6 Å². The van der Waals surface area contributed by atoms with Crippen LogP contribution in [0.15, 0.2) is 12.1 Å². The van der Waals surface area contributed by atoms with Crippen LogP contribution in [0.4, 0.5) is 52.7 Å². The van der Waals surface area contributed by atoms with Gasteiger partial charge in [-0.05, 0) is 54.2 Å². The molecular weight excluding hydrogens is 680 g/mol. The van der Waals surface area contributed by atoms with Gasteiger partial charge < -0.3 is 14.6 Å². The van der Waals surface area contributed by atoms with Gasteiger partial charge in [-0.15, -0.1) is 0 Å². The van der Waals surface area contributed by atoms with Crippen molar-refractivity contribution in [1.82, 2.24) is 0 Å². The molecule has 0 aromatic heterocycles. The minimum absolute atomic E-state index is 0.0641. The van der Waals surface area contributed by atoms with E-state index in [0.717, 1.165) is 13.8 Å². The predicted octanol–water partition coefficient (Wildman–Crippen LogP) is 9.25. The molecule has 1 aromatic rings. The number of hydrogen-bond acceptors (Lipinski definition) is 5. The first-order chi connectivity index (χ1) is 21.0. The molecular formula is C31H40F12O5. The lowest BCUT2D eigenvalue weighted by molar-refractivity contribution is -0.428. The molecule has 48 heavy (non-hydrogen) atoms. The highest BCUT2D eigenvalue weighted by molar-refractivity contribution is 5.75. The van der Waals surface area contributed by atoms with E-state index in [4.69, 9.17) is 0 Å². The topological polar surface area (TPSA) is 72.8 Å². The van der Waals surface area contributed by atoms with Crippen molar-refractivity contribution in [3.8, 4) is 5.75 Å². The summed E-state index contributed by atoms with van der Waals surface area (Å²) in [5.41, 5.74) is -1.76. The Hall–Kier alpha value is -2.88. The zero-order valence-electron chi connectivity index (χ0n) is 27.8. The highest BCUT2D eigenvalue weighted by Gasteiger charge is 2.90. The molecule has 1 N–H and O–H groups in total. The largest absolute Gasteiger partial charge is 0.507 e. The highest BCUT2D eigenvalue weighted by Crippen LogP contribution is 2.60. The minimum atomic E-state index is -7.88. The Morgan fingerprint density at radius 3 is 1.31 bits per heavy atom. The molecule has 0 saturated heterocycles. The van der Waals surface area contributed by atoms with Crippen molar-refractivity contribution in [2.45, 2.75) is 128 Å². The summed E-state index contributed by atoms with van der Waals surface area (Å²) in [5.74, 6) is -47.1. The molecule has 0 unspecified atom stereocenters. The maximum Gasteiger partial charge on any atom is 0.384 e. The highest BCUT2D eigenvalue weighted by atomic mass is 19.4. The number of rotatable bonds is 14. The maximum atomic E-state index is 14.3. The van der Waals surface area contributed by atoms with Crippen molar-refractivity contribution < 1.29 is 76.9 Å². The van der Waals surface area contributed by atoms with Crippen LogP contribution in [0.2, 0.25) is 0 Å². The first-order valence-corrected chi connectivity index (χ1v) is 14.5. The fourth-order valence-electron chi connectivity index (χ4n) is 4.00. The number of benzene rings is 1. The third-order valence-electron chi connectivity index (χ3n) is 7.74. The number of ether oxygens (including phenoxy) is 2. The van der Waals surface area contributed by atoms with Crippen LogP contribution >= 0.6 is 0 Å². The van der Waals surface area contributed by atoms with Gasteiger partial charge in [0.25, 0.3) is 0 Å². The van der Waals surface area contributed by atoms with Gasteiger partial charge in [0, 0.05) is 6.42 Å². The second kappa shape index (κ2) is 13.4. The Bertz CT molecular complexity index is 1290. The average molecular weight is 721 g/mol. The van der Waals surface area contributed by atoms with Crippen molar-refractivity contribution in [2.75, 3.05) is 13.2 Å². The molecule has 0 radical (unpaired) electrons. The van der Waals surface area contributed by atoms with Crippen molar-refractivity contribution in [3.05, 3.63) is 28.8 Å². The lowest BCUT2D eigenvalue weighted by atomic mass is 9.78. The summed E-state index contributed by atoms with van der Waals surface area (Å²) in [5, 5.41) is 10.7. The van der Waals surface area contributed by atoms with E-state index in [1.165, 1.54) is 19.1 Å². The van der Waals surface area contributed by atoms with Crippen LogP contribution in [-0.4, -0.2) is 65.8 Å². The number of phenolic OH excluding ortho intramolecular Hbond substituents is 1. The molecule has 1 rings (SSSR count). The van der Waals surface area contributed by atoms with E-state index in [1.54, 1.807) is 41.5 Å². The fourth-order valence-corrected chi connectivity index (χ4v) is 4.00. The second-order valence-electron chi connectivity index (χ2n) is 14.2. The Morgan fingerprint density at radius 1 is 0.625 bits per heavy atom. The summed E-state index contributed by atoms with van der Waals surface area (Å²) in [6.45, 7) is 7.89. The zero-order valence-corrected chi connectivity index (χ0v) is 27.8. The number of aromatic hydroxyl groups is 1. The molecule has 0 aliphatic rings. The number of esters is 2. The summed E-state index contributed by atoms with van der Waals surface area (Å²) in [6.07, 6.45) is -1.34. The summed E-state index contributed by atoms with van der Waals surface area (Å²) >= 11 is 0. The molecule has 17 heteroatoms. The van der Waals surface area contributed by atoms with Gasteiger partial charge in [-0.25, -0.2) is 0 Å². The molecule has 0 heterocycles. The molecule has 0 atom stereocenters. The van der Waals surface area contributed by atoms with Gasteiger partial charge in [0.2, 0.25) is 0 Å². The van der Waals surface area contributed by atoms with Gasteiger partial charge in [-0.1, -0.05) is 60.6 Å². The standard InChI is InChI=1S/C31H40F12O5/c1-10-25(8,9)22(46)48-16-27(34,35)29(38,39)31(42,43)30(40,41)28(36,37)26(32,33)15-47-20(44)12-11-17-13-18(23(2,3)4)21(45)19(14-17)24(5,6)7/h13-14,45H,10-12,15-16H2,1-9H3. The quantitative estimate of drug-likeness (QED) is 0.153. The van der Waals surface area contributed by atoms with E-state index in [2.05, 4.69) is 9.47 Å². The van der Waals surface area contributed by atoms with Crippen LogP contribution in [0.3, 0.4) is 0 Å². The van der Waals surface area contributed by atoms with Crippen LogP contribution < -0.4 is 0 Å². The molecule has 0 fully saturated rings. The van der Waals surface area contributed by atoms with Gasteiger partial charge in [0.1, 0.15) is 5.75 Å². The van der Waals surface area contributed by atoms with Gasteiger partial charge in [0.15, 0.2) is 13.2 Å². The van der Waals surface area contributed by atoms with Crippen LogP contribution in [0.25, 0.3) is 0 Å². The number of halogens is 12. The number of alkyl halides is 12. The Kier molecular flexibility index (Phi) is 12.1. The lowest BCUT2D eigenvalue weighted by Crippen LogP contribution is -2.71. The number of carbonyl (C=O) groups excluding carboxylic acids is 2. The molecule has 1 aromatic carbocycles. The van der Waals surface area contributed by atoms with E-state index < -0.39 is 83.4 Å². The minimum Gasteiger partial charge on any atom is -0.507 e. The third-order valence-corrected chi connectivity index (χ3v) is 7.74. The Labute approximate surface area is 270 Å². The SMILES string of the molecule is CCC(C)(C)C(=O)OCC(F)(F)C(F)(F)C(F)(F)C(F)(F)C(F)(F)C(F)(F)COC(=O)CCc1cc(C(C)(C)C)c(O)c(C(C)(C)C)c1. The summed E-state index contributed by atoms with van der Waals surface area (Å²) in [4.78, 5) is 23.9. The van der Waals surface area contributed by atoms with E-state index in [1.807, 2.05) is 0 Å². The monoisotopic (exact) mass is 720 g/mol. The number of hydrogen-bond donors (Lipinski definition) is 1. The average Bonchev–Trinajstić information content (AvgIpc) is 2.92. The number of aryl methyl sites for hydroxylation is 1. The van der Waals surface area contributed by atoms with Crippen molar-refractivity contribution in [1.29, 1.82) is 0 Å². The number of carbonyl (C=O) groups is 2. The predicted molar refractivity (Wildman–Crippen MR) is 149 cm³/mol. The molecule has 0 spiro atoms. The van der Waals surface area contributed by atoms with Gasteiger partial charge in [-0.3, -0.25) is 9.59 Å². The van der Waals surface area contributed by atoms with Gasteiger partial charge in [-0.2, -0.15) is 52.7 Å². The number of phenols is 1. The van der Waals surface area contributed by atoms with Crippen LogP contribution in [0, 0.1) is 5.41 Å². The summed E-state index contributed by atoms with van der Waals surface area (Å²) in [7, 11) is 0. The molecule has 0 aliphatic carbocycles. The Morgan fingerprint density at radius 2 is 0.979 bits per heavy atom. The van der Waals surface area contributed by atoms with Crippen molar-refractivity contribution in [3.63, 3.8) is 0 Å². The molecule has 0 bridgehead atoms. The fraction of sp³-hybridized carbons (Fsp3) is 0.742. The van der Waals surface area contributed by atoms with Gasteiger partial charge >= 0.3 is 47.5 Å². The zero-order chi connectivity index (χ0) is 38.3. The first-order valence-electron chi connectivity index (χ1n) is 14.5. The molecule has 5 nitrogen and oxygen atoms in total. The summed E-state index contributed by atoms with van der Waals surface area (Å²) in [6, 6.07) is 2.93. The molecule has 0 aliphatic heterocycles. The maximum absolute atomic E-state index is 14.3. The van der Waals surface area contributed by atoms with Crippen molar-refractivity contribution in [2.24, 2.45) is 5.41 Å². The molecule has 278 valence electrons. The van der Waals surface area contributed by atoms with Gasteiger partial charge in [0.05, 0.1) is 5.41 Å². The summed E-state index contributed by atoms with van der Waals surface area (Å²) < 4.78 is 179. The molecule has 0 amide bonds. The Balaban J connectivity index is 3.21. The van der Waals surface area contributed by atoms with E-state index in [9.17, 15) is 67.4 Å². The second-order valence-corrected chi connectivity index (χ2v) is 14.2. The van der Waals surface area contributed by atoms with Crippen LogP contribution in [0.1, 0.15) is 91.8 Å². The smallest absolute Gasteiger partial charge is 0.384 e. The third kappa shape index (κ3) is 8.28. The van der Waals surface area contributed by atoms with E-state index >= 15 is 0 Å². The molecule has 0 saturated carbocycles. The van der Waals surface area contributed by atoms with Crippen LogP contribution in [-0.2, 0) is 36.3 Å².